The number of likely N-dealkylation sites (tertiary alicyclic amines) is 1. The SMILES string of the molecule is NCC(c1ccc(O)cc1)N1CCC(Cc2ccccc2)CC1. The lowest BCUT2D eigenvalue weighted by molar-refractivity contribution is 0.135. The van der Waals surface area contributed by atoms with E-state index in [1.165, 1.54) is 30.4 Å². The van der Waals surface area contributed by atoms with Crippen LogP contribution in [0.4, 0.5) is 0 Å². The minimum atomic E-state index is 0.258. The lowest BCUT2D eigenvalue weighted by Crippen LogP contribution is -2.40. The van der Waals surface area contributed by atoms with Gasteiger partial charge in [0.2, 0.25) is 0 Å². The number of piperidine rings is 1. The molecule has 0 aliphatic carbocycles. The monoisotopic (exact) mass is 310 g/mol. The van der Waals surface area contributed by atoms with Crippen molar-refractivity contribution in [1.29, 1.82) is 0 Å². The fraction of sp³-hybridized carbons (Fsp3) is 0.400. The summed E-state index contributed by atoms with van der Waals surface area (Å²) in [7, 11) is 0. The number of benzene rings is 2. The first-order chi connectivity index (χ1) is 11.3. The fourth-order valence-electron chi connectivity index (χ4n) is 3.61. The van der Waals surface area contributed by atoms with Crippen molar-refractivity contribution in [2.45, 2.75) is 25.3 Å². The van der Waals surface area contributed by atoms with Crippen LogP contribution in [0.1, 0.15) is 30.0 Å². The van der Waals surface area contributed by atoms with Crippen LogP contribution >= 0.6 is 0 Å². The Bertz CT molecular complexity index is 589. The van der Waals surface area contributed by atoms with Gasteiger partial charge in [0, 0.05) is 12.6 Å². The summed E-state index contributed by atoms with van der Waals surface area (Å²) in [5.41, 5.74) is 8.67. The summed E-state index contributed by atoms with van der Waals surface area (Å²) in [5, 5.41) is 9.45. The Labute approximate surface area is 138 Å². The molecule has 1 unspecified atom stereocenters. The van der Waals surface area contributed by atoms with Gasteiger partial charge in [-0.1, -0.05) is 42.5 Å². The van der Waals surface area contributed by atoms with Crippen LogP contribution in [0.5, 0.6) is 5.75 Å². The summed E-state index contributed by atoms with van der Waals surface area (Å²) in [6, 6.07) is 18.5. The third-order valence-corrected chi connectivity index (χ3v) is 4.96. The zero-order valence-electron chi connectivity index (χ0n) is 13.6. The minimum Gasteiger partial charge on any atom is -0.508 e. The molecule has 3 rings (SSSR count). The van der Waals surface area contributed by atoms with Crippen LogP contribution in [0.2, 0.25) is 0 Å². The van der Waals surface area contributed by atoms with Gasteiger partial charge in [-0.05, 0) is 61.5 Å². The van der Waals surface area contributed by atoms with Gasteiger partial charge in [-0.15, -0.1) is 0 Å². The molecule has 23 heavy (non-hydrogen) atoms. The maximum absolute atomic E-state index is 9.45. The highest BCUT2D eigenvalue weighted by Gasteiger charge is 2.25. The number of hydrogen-bond acceptors (Lipinski definition) is 3. The van der Waals surface area contributed by atoms with Crippen molar-refractivity contribution in [3.63, 3.8) is 0 Å². The molecule has 0 amide bonds. The van der Waals surface area contributed by atoms with Crippen molar-refractivity contribution in [2.24, 2.45) is 11.7 Å². The lowest BCUT2D eigenvalue weighted by atomic mass is 9.89. The molecule has 1 aliphatic rings. The van der Waals surface area contributed by atoms with Crippen LogP contribution in [0.25, 0.3) is 0 Å². The number of aromatic hydroxyl groups is 1. The molecule has 2 aromatic carbocycles. The topological polar surface area (TPSA) is 49.5 Å². The molecule has 1 saturated heterocycles. The lowest BCUT2D eigenvalue weighted by Gasteiger charge is -2.37. The van der Waals surface area contributed by atoms with Crippen LogP contribution in [0, 0.1) is 5.92 Å². The Morgan fingerprint density at radius 1 is 1.00 bits per heavy atom. The molecular formula is C20H26N2O. The number of nitrogens with zero attached hydrogens (tertiary/aromatic N) is 1. The Kier molecular flexibility index (Phi) is 5.31. The van der Waals surface area contributed by atoms with Gasteiger partial charge in [0.15, 0.2) is 0 Å². The number of hydrogen-bond donors (Lipinski definition) is 2. The molecule has 0 radical (unpaired) electrons. The molecule has 0 saturated carbocycles. The normalized spacial score (nSPS) is 18.0. The van der Waals surface area contributed by atoms with Crippen molar-refractivity contribution in [2.75, 3.05) is 19.6 Å². The average molecular weight is 310 g/mol. The van der Waals surface area contributed by atoms with Gasteiger partial charge in [-0.2, -0.15) is 0 Å². The predicted octanol–water partition coefficient (Wildman–Crippen LogP) is 3.35. The Morgan fingerprint density at radius 2 is 1.65 bits per heavy atom. The molecular weight excluding hydrogens is 284 g/mol. The highest BCUT2D eigenvalue weighted by Crippen LogP contribution is 2.28. The first-order valence-corrected chi connectivity index (χ1v) is 8.53. The second-order valence-electron chi connectivity index (χ2n) is 6.51. The molecule has 1 heterocycles. The molecule has 3 N–H and O–H groups in total. The number of phenolic OH excluding ortho intramolecular Hbond substituents is 1. The third-order valence-electron chi connectivity index (χ3n) is 4.96. The summed E-state index contributed by atoms with van der Waals surface area (Å²) in [6.07, 6.45) is 3.63. The molecule has 122 valence electrons. The maximum Gasteiger partial charge on any atom is 0.115 e. The second-order valence-corrected chi connectivity index (χ2v) is 6.51. The van der Waals surface area contributed by atoms with Crippen LogP contribution in [-0.4, -0.2) is 29.6 Å². The van der Waals surface area contributed by atoms with Gasteiger partial charge < -0.3 is 10.8 Å². The Hall–Kier alpha value is -1.84. The average Bonchev–Trinajstić information content (AvgIpc) is 2.60. The quantitative estimate of drug-likeness (QED) is 0.890. The molecule has 1 aliphatic heterocycles. The van der Waals surface area contributed by atoms with Crippen LogP contribution in [0.15, 0.2) is 54.6 Å². The molecule has 1 fully saturated rings. The molecule has 1 atom stereocenters. The summed E-state index contributed by atoms with van der Waals surface area (Å²) in [4.78, 5) is 2.49. The van der Waals surface area contributed by atoms with E-state index in [9.17, 15) is 5.11 Å². The van der Waals surface area contributed by atoms with Crippen LogP contribution in [-0.2, 0) is 6.42 Å². The van der Waals surface area contributed by atoms with E-state index in [-0.39, 0.29) is 6.04 Å². The molecule has 0 bridgehead atoms. The molecule has 0 aromatic heterocycles. The highest BCUT2D eigenvalue weighted by molar-refractivity contribution is 5.28. The van der Waals surface area contributed by atoms with Gasteiger partial charge >= 0.3 is 0 Å². The van der Waals surface area contributed by atoms with Crippen LogP contribution < -0.4 is 5.73 Å². The van der Waals surface area contributed by atoms with E-state index < -0.39 is 0 Å². The smallest absolute Gasteiger partial charge is 0.115 e. The van der Waals surface area contributed by atoms with Crippen molar-refractivity contribution >= 4 is 0 Å². The van der Waals surface area contributed by atoms with Crippen molar-refractivity contribution in [1.82, 2.24) is 4.90 Å². The van der Waals surface area contributed by atoms with E-state index in [0.717, 1.165) is 19.0 Å². The third kappa shape index (κ3) is 4.12. The predicted molar refractivity (Wildman–Crippen MR) is 94.3 cm³/mol. The largest absolute Gasteiger partial charge is 0.508 e. The van der Waals surface area contributed by atoms with E-state index in [1.54, 1.807) is 12.1 Å². The van der Waals surface area contributed by atoms with E-state index in [1.807, 2.05) is 12.1 Å². The second kappa shape index (κ2) is 7.62. The first-order valence-electron chi connectivity index (χ1n) is 8.53. The zero-order valence-corrected chi connectivity index (χ0v) is 13.6. The van der Waals surface area contributed by atoms with Crippen molar-refractivity contribution in [3.05, 3.63) is 65.7 Å². The van der Waals surface area contributed by atoms with Gasteiger partial charge in [-0.3, -0.25) is 4.90 Å². The molecule has 0 spiro atoms. The highest BCUT2D eigenvalue weighted by atomic mass is 16.3. The Morgan fingerprint density at radius 3 is 2.26 bits per heavy atom. The fourth-order valence-corrected chi connectivity index (χ4v) is 3.61. The van der Waals surface area contributed by atoms with E-state index in [0.29, 0.717) is 12.3 Å². The van der Waals surface area contributed by atoms with Gasteiger partial charge in [0.1, 0.15) is 5.75 Å². The maximum atomic E-state index is 9.45. The van der Waals surface area contributed by atoms with E-state index in [4.69, 9.17) is 5.73 Å². The van der Waals surface area contributed by atoms with E-state index in [2.05, 4.69) is 35.2 Å². The summed E-state index contributed by atoms with van der Waals surface area (Å²) >= 11 is 0. The molecule has 2 aromatic rings. The number of rotatable bonds is 5. The Balaban J connectivity index is 1.58. The molecule has 3 nitrogen and oxygen atoms in total. The van der Waals surface area contributed by atoms with Crippen molar-refractivity contribution in [3.8, 4) is 5.75 Å². The van der Waals surface area contributed by atoms with Gasteiger partial charge in [0.05, 0.1) is 0 Å². The summed E-state index contributed by atoms with van der Waals surface area (Å²) in [5.74, 6) is 1.08. The number of nitrogens with two attached hydrogens (primary N) is 1. The first kappa shape index (κ1) is 16.0. The van der Waals surface area contributed by atoms with Crippen molar-refractivity contribution < 1.29 is 5.11 Å². The minimum absolute atomic E-state index is 0.258. The standard InChI is InChI=1S/C20H26N2O/c21-15-20(18-6-8-19(23)9-7-18)22-12-10-17(11-13-22)14-16-4-2-1-3-5-16/h1-9,17,20,23H,10-15,21H2. The number of phenols is 1. The zero-order chi connectivity index (χ0) is 16.1. The van der Waals surface area contributed by atoms with Crippen LogP contribution in [0.3, 0.4) is 0 Å². The van der Waals surface area contributed by atoms with Gasteiger partial charge in [0.25, 0.3) is 0 Å². The van der Waals surface area contributed by atoms with E-state index >= 15 is 0 Å². The summed E-state index contributed by atoms with van der Waals surface area (Å²) in [6.45, 7) is 2.81. The van der Waals surface area contributed by atoms with Gasteiger partial charge in [-0.25, -0.2) is 0 Å². The summed E-state index contributed by atoms with van der Waals surface area (Å²) < 4.78 is 0. The molecule has 3 heteroatoms.